The second-order valence-corrected chi connectivity index (χ2v) is 2.50. The molecular formula is C11H17NO. The van der Waals surface area contributed by atoms with E-state index < -0.39 is 0 Å². The van der Waals surface area contributed by atoms with E-state index in [1.54, 1.807) is 13.8 Å². The van der Waals surface area contributed by atoms with Crippen molar-refractivity contribution in [2.75, 3.05) is 5.73 Å². The van der Waals surface area contributed by atoms with Crippen molar-refractivity contribution in [2.24, 2.45) is 0 Å². The fourth-order valence-corrected chi connectivity index (χ4v) is 0.453. The fourth-order valence-electron chi connectivity index (χ4n) is 0.453. The van der Waals surface area contributed by atoms with E-state index in [0.29, 0.717) is 0 Å². The maximum Gasteiger partial charge on any atom is 0.0483 e. The van der Waals surface area contributed by atoms with Gasteiger partial charge in [-0.25, -0.2) is 0 Å². The maximum absolute atomic E-state index is 8.06. The highest BCUT2D eigenvalue weighted by atomic mass is 16.3. The molecule has 0 saturated heterocycles. The fraction of sp³-hybridized carbons (Fsp3) is 0.273. The predicted octanol–water partition coefficient (Wildman–Crippen LogP) is 1.91. The van der Waals surface area contributed by atoms with Crippen molar-refractivity contribution < 1.29 is 5.11 Å². The van der Waals surface area contributed by atoms with Gasteiger partial charge in [-0.3, -0.25) is 0 Å². The van der Waals surface area contributed by atoms with Gasteiger partial charge in [0.25, 0.3) is 0 Å². The number of anilines is 1. The number of benzene rings is 1. The molecule has 1 aromatic carbocycles. The van der Waals surface area contributed by atoms with Crippen molar-refractivity contribution in [2.45, 2.75) is 20.0 Å². The van der Waals surface area contributed by atoms with Crippen LogP contribution in [0.2, 0.25) is 0 Å². The zero-order valence-electron chi connectivity index (χ0n) is 8.14. The van der Waals surface area contributed by atoms with Crippen molar-refractivity contribution >= 4 is 5.69 Å². The smallest absolute Gasteiger partial charge is 0.0483 e. The molecule has 2 nitrogen and oxygen atoms in total. The Labute approximate surface area is 80.4 Å². The third kappa shape index (κ3) is 18.0. The van der Waals surface area contributed by atoms with Crippen LogP contribution in [0.3, 0.4) is 0 Å². The average Bonchev–Trinajstić information content (AvgIpc) is 2.08. The summed E-state index contributed by atoms with van der Waals surface area (Å²) < 4.78 is 0. The normalized spacial score (nSPS) is 7.54. The highest BCUT2D eigenvalue weighted by Crippen LogP contribution is 1.95. The number of terminal acetylenes is 1. The summed E-state index contributed by atoms with van der Waals surface area (Å²) in [5.74, 6) is 0. The molecule has 0 atom stereocenters. The first-order chi connectivity index (χ1) is 6.13. The van der Waals surface area contributed by atoms with Crippen LogP contribution in [0.4, 0.5) is 5.69 Å². The first kappa shape index (κ1) is 14.1. The lowest BCUT2D eigenvalue weighted by Gasteiger charge is -1.83. The lowest BCUT2D eigenvalue weighted by atomic mass is 10.3. The highest BCUT2D eigenvalue weighted by molar-refractivity contribution is 5.35. The van der Waals surface area contributed by atoms with Crippen LogP contribution in [0, 0.1) is 12.8 Å². The number of aliphatic hydroxyl groups excluding tert-OH is 1. The average molecular weight is 179 g/mol. The van der Waals surface area contributed by atoms with E-state index in [9.17, 15) is 0 Å². The van der Waals surface area contributed by atoms with E-state index in [-0.39, 0.29) is 6.10 Å². The number of hydrogen-bond donors (Lipinski definition) is 2. The Hall–Kier alpha value is -1.46. The Bertz CT molecular complexity index is 201. The molecule has 3 N–H and O–H groups in total. The molecule has 0 spiro atoms. The molecule has 0 aliphatic heterocycles. The SMILES string of the molecule is C#C.CC(C)O.Nc1ccccc1. The van der Waals surface area contributed by atoms with E-state index in [2.05, 4.69) is 12.8 Å². The van der Waals surface area contributed by atoms with E-state index in [1.807, 2.05) is 30.3 Å². The van der Waals surface area contributed by atoms with Crippen LogP contribution in [0.15, 0.2) is 30.3 Å². The quantitative estimate of drug-likeness (QED) is 0.472. The predicted molar refractivity (Wildman–Crippen MR) is 58.1 cm³/mol. The lowest BCUT2D eigenvalue weighted by Crippen LogP contribution is -1.85. The Kier molecular flexibility index (Phi) is 11.4. The van der Waals surface area contributed by atoms with Gasteiger partial charge in [-0.1, -0.05) is 18.2 Å². The molecule has 0 aliphatic carbocycles. The number of rotatable bonds is 0. The molecule has 72 valence electrons. The summed E-state index contributed by atoms with van der Waals surface area (Å²) in [5, 5.41) is 8.06. The van der Waals surface area contributed by atoms with Crippen molar-refractivity contribution in [1.82, 2.24) is 0 Å². The van der Waals surface area contributed by atoms with E-state index >= 15 is 0 Å². The summed E-state index contributed by atoms with van der Waals surface area (Å²) in [5.41, 5.74) is 6.18. The minimum absolute atomic E-state index is 0.167. The summed E-state index contributed by atoms with van der Waals surface area (Å²) in [4.78, 5) is 0. The summed E-state index contributed by atoms with van der Waals surface area (Å²) in [6.45, 7) is 3.44. The van der Waals surface area contributed by atoms with Crippen molar-refractivity contribution in [1.29, 1.82) is 0 Å². The summed E-state index contributed by atoms with van der Waals surface area (Å²) >= 11 is 0. The van der Waals surface area contributed by atoms with Gasteiger partial charge in [0.2, 0.25) is 0 Å². The minimum Gasteiger partial charge on any atom is -0.399 e. The second kappa shape index (κ2) is 10.5. The van der Waals surface area contributed by atoms with Crippen LogP contribution >= 0.6 is 0 Å². The summed E-state index contributed by atoms with van der Waals surface area (Å²) in [6, 6.07) is 9.49. The monoisotopic (exact) mass is 179 g/mol. The van der Waals surface area contributed by atoms with Crippen molar-refractivity contribution in [3.8, 4) is 12.8 Å². The molecule has 0 fully saturated rings. The van der Waals surface area contributed by atoms with Crippen LogP contribution in [0.5, 0.6) is 0 Å². The van der Waals surface area contributed by atoms with Crippen molar-refractivity contribution in [3.05, 3.63) is 30.3 Å². The number of aliphatic hydroxyl groups is 1. The van der Waals surface area contributed by atoms with Crippen LogP contribution < -0.4 is 5.73 Å². The standard InChI is InChI=1S/C6H7N.C3H8O.C2H2/c7-6-4-2-1-3-5-6;1-3(2)4;1-2/h1-5H,7H2;3-4H,1-2H3;1-2H. The van der Waals surface area contributed by atoms with Crippen LogP contribution in [-0.2, 0) is 0 Å². The van der Waals surface area contributed by atoms with Gasteiger partial charge in [0.15, 0.2) is 0 Å². The van der Waals surface area contributed by atoms with Crippen LogP contribution in [0.25, 0.3) is 0 Å². The molecular weight excluding hydrogens is 162 g/mol. The molecule has 1 rings (SSSR count). The molecule has 0 bridgehead atoms. The van der Waals surface area contributed by atoms with Gasteiger partial charge in [0.1, 0.15) is 0 Å². The van der Waals surface area contributed by atoms with Gasteiger partial charge in [-0.15, -0.1) is 12.8 Å². The molecule has 0 aromatic heterocycles. The largest absolute Gasteiger partial charge is 0.399 e. The van der Waals surface area contributed by atoms with E-state index in [1.165, 1.54) is 0 Å². The molecule has 0 amide bonds. The number of nitrogens with two attached hydrogens (primary N) is 1. The zero-order chi connectivity index (χ0) is 10.7. The third-order valence-electron chi connectivity index (χ3n) is 0.800. The Balaban J connectivity index is 0. The first-order valence-electron chi connectivity index (χ1n) is 3.95. The van der Waals surface area contributed by atoms with Gasteiger partial charge in [0, 0.05) is 11.8 Å². The molecule has 13 heavy (non-hydrogen) atoms. The van der Waals surface area contributed by atoms with Crippen LogP contribution in [-0.4, -0.2) is 11.2 Å². The lowest BCUT2D eigenvalue weighted by molar-refractivity contribution is 0.216. The summed E-state index contributed by atoms with van der Waals surface area (Å²) in [7, 11) is 0. The number of nitrogen functional groups attached to an aromatic ring is 1. The number of para-hydroxylation sites is 1. The van der Waals surface area contributed by atoms with E-state index in [0.717, 1.165) is 5.69 Å². The molecule has 0 aliphatic rings. The topological polar surface area (TPSA) is 46.2 Å². The molecule has 2 heteroatoms. The van der Waals surface area contributed by atoms with Gasteiger partial charge in [0.05, 0.1) is 0 Å². The summed E-state index contributed by atoms with van der Waals surface area (Å²) in [6.07, 6.45) is 7.83. The minimum atomic E-state index is -0.167. The molecule has 0 radical (unpaired) electrons. The van der Waals surface area contributed by atoms with Gasteiger partial charge in [-0.05, 0) is 26.0 Å². The molecule has 0 heterocycles. The Morgan fingerprint density at radius 3 is 1.62 bits per heavy atom. The molecule has 1 aromatic rings. The van der Waals surface area contributed by atoms with Gasteiger partial charge in [-0.2, -0.15) is 0 Å². The maximum atomic E-state index is 8.06. The Morgan fingerprint density at radius 1 is 1.15 bits per heavy atom. The van der Waals surface area contributed by atoms with Crippen LogP contribution in [0.1, 0.15) is 13.8 Å². The van der Waals surface area contributed by atoms with Gasteiger partial charge >= 0.3 is 0 Å². The first-order valence-corrected chi connectivity index (χ1v) is 3.95. The zero-order valence-corrected chi connectivity index (χ0v) is 8.14. The van der Waals surface area contributed by atoms with Gasteiger partial charge < -0.3 is 10.8 Å². The number of hydrogen-bond acceptors (Lipinski definition) is 2. The molecule has 0 unspecified atom stereocenters. The highest BCUT2D eigenvalue weighted by Gasteiger charge is 1.72. The van der Waals surface area contributed by atoms with Crippen molar-refractivity contribution in [3.63, 3.8) is 0 Å². The molecule has 0 saturated carbocycles. The Morgan fingerprint density at radius 2 is 1.46 bits per heavy atom. The van der Waals surface area contributed by atoms with E-state index in [4.69, 9.17) is 10.8 Å². The third-order valence-corrected chi connectivity index (χ3v) is 0.800. The second-order valence-electron chi connectivity index (χ2n) is 2.50.